The van der Waals surface area contributed by atoms with Crippen LogP contribution in [0.15, 0.2) is 24.3 Å². The van der Waals surface area contributed by atoms with Gasteiger partial charge in [0.15, 0.2) is 0 Å². The highest BCUT2D eigenvalue weighted by Crippen LogP contribution is 2.41. The summed E-state index contributed by atoms with van der Waals surface area (Å²) in [4.78, 5) is 33.0. The quantitative estimate of drug-likeness (QED) is 0.784. The van der Waals surface area contributed by atoms with Crippen LogP contribution in [0.3, 0.4) is 0 Å². The Balaban J connectivity index is 1.61. The number of amides is 2. The van der Waals surface area contributed by atoms with Gasteiger partial charge in [-0.25, -0.2) is 0 Å². The average Bonchev–Trinajstić information content (AvgIpc) is 3.12. The summed E-state index contributed by atoms with van der Waals surface area (Å²) in [6, 6.07) is 7.29. The Morgan fingerprint density at radius 3 is 2.31 bits per heavy atom. The molecule has 1 spiro atoms. The van der Waals surface area contributed by atoms with Gasteiger partial charge in [-0.1, -0.05) is 25.5 Å². The summed E-state index contributed by atoms with van der Waals surface area (Å²) in [6.07, 6.45) is 5.81. The van der Waals surface area contributed by atoms with Crippen molar-refractivity contribution < 1.29 is 14.3 Å². The van der Waals surface area contributed by atoms with Crippen molar-refractivity contribution in [3.05, 3.63) is 35.4 Å². The van der Waals surface area contributed by atoms with Crippen LogP contribution in [-0.2, 0) is 16.0 Å². The standard InChI is InChI=1S/C23H33N3O3/c1-3-18-7-9-19(10-8-18)21(27)26-20(17-29-23(26)11-5-4-6-12-23)22(28)25-15-13-24(2)14-16-25/h7-10,20H,3-6,11-17H2,1-2H3. The third-order valence-electron chi connectivity index (χ3n) is 6.82. The van der Waals surface area contributed by atoms with Gasteiger partial charge in [-0.2, -0.15) is 0 Å². The highest BCUT2D eigenvalue weighted by atomic mass is 16.5. The number of benzene rings is 1. The van der Waals surface area contributed by atoms with Crippen LogP contribution in [0.5, 0.6) is 0 Å². The van der Waals surface area contributed by atoms with Crippen molar-refractivity contribution in [1.82, 2.24) is 14.7 Å². The van der Waals surface area contributed by atoms with Crippen LogP contribution < -0.4 is 0 Å². The van der Waals surface area contributed by atoms with Crippen LogP contribution >= 0.6 is 0 Å². The first-order valence-electron chi connectivity index (χ1n) is 11.1. The molecule has 2 saturated heterocycles. The van der Waals surface area contributed by atoms with Crippen LogP contribution in [0.25, 0.3) is 0 Å². The Kier molecular flexibility index (Phi) is 5.93. The largest absolute Gasteiger partial charge is 0.353 e. The van der Waals surface area contributed by atoms with E-state index in [0.717, 1.165) is 51.6 Å². The van der Waals surface area contributed by atoms with Crippen molar-refractivity contribution in [3.63, 3.8) is 0 Å². The van der Waals surface area contributed by atoms with Crippen molar-refractivity contribution in [2.24, 2.45) is 0 Å². The first-order chi connectivity index (χ1) is 14.0. The second-order valence-corrected chi connectivity index (χ2v) is 8.69. The van der Waals surface area contributed by atoms with Crippen LogP contribution in [0, 0.1) is 0 Å². The van der Waals surface area contributed by atoms with Gasteiger partial charge in [-0.15, -0.1) is 0 Å². The number of hydrogen-bond donors (Lipinski definition) is 0. The molecule has 29 heavy (non-hydrogen) atoms. The lowest BCUT2D eigenvalue weighted by Gasteiger charge is -2.42. The second-order valence-electron chi connectivity index (χ2n) is 8.69. The minimum atomic E-state index is -0.619. The SMILES string of the molecule is CCc1ccc(C(=O)N2C(C(=O)N3CCN(C)CC3)COC23CCCCC3)cc1. The fraction of sp³-hybridized carbons (Fsp3) is 0.652. The van der Waals surface area contributed by atoms with Crippen molar-refractivity contribution in [3.8, 4) is 0 Å². The van der Waals surface area contributed by atoms with Crippen molar-refractivity contribution >= 4 is 11.8 Å². The van der Waals surface area contributed by atoms with E-state index in [0.29, 0.717) is 25.3 Å². The lowest BCUT2D eigenvalue weighted by molar-refractivity contribution is -0.138. The maximum atomic E-state index is 13.6. The molecule has 1 aromatic rings. The molecule has 0 radical (unpaired) electrons. The summed E-state index contributed by atoms with van der Waals surface area (Å²) in [7, 11) is 2.08. The molecule has 1 aromatic carbocycles. The summed E-state index contributed by atoms with van der Waals surface area (Å²) < 4.78 is 6.27. The molecule has 4 rings (SSSR count). The number of rotatable bonds is 3. The highest BCUT2D eigenvalue weighted by Gasteiger charge is 2.53. The molecule has 1 unspecified atom stereocenters. The maximum absolute atomic E-state index is 13.6. The van der Waals surface area contributed by atoms with E-state index in [4.69, 9.17) is 4.74 Å². The van der Waals surface area contributed by atoms with Crippen molar-refractivity contribution in [2.75, 3.05) is 39.8 Å². The number of aryl methyl sites for hydroxylation is 1. The zero-order valence-corrected chi connectivity index (χ0v) is 17.7. The summed E-state index contributed by atoms with van der Waals surface area (Å²) in [5.41, 5.74) is 1.23. The van der Waals surface area contributed by atoms with E-state index in [1.807, 2.05) is 34.1 Å². The van der Waals surface area contributed by atoms with Gasteiger partial charge in [-0.05, 0) is 56.8 Å². The number of hydrogen-bond acceptors (Lipinski definition) is 4. The maximum Gasteiger partial charge on any atom is 0.256 e. The summed E-state index contributed by atoms with van der Waals surface area (Å²) >= 11 is 0. The van der Waals surface area contributed by atoms with Crippen molar-refractivity contribution in [2.45, 2.75) is 57.2 Å². The fourth-order valence-electron chi connectivity index (χ4n) is 4.92. The number of ether oxygens (including phenoxy) is 1. The van der Waals surface area contributed by atoms with Gasteiger partial charge in [0, 0.05) is 31.7 Å². The first-order valence-corrected chi connectivity index (χ1v) is 11.1. The highest BCUT2D eigenvalue weighted by molar-refractivity contribution is 5.98. The molecular formula is C23H33N3O3. The number of likely N-dealkylation sites (N-methyl/N-ethyl adjacent to an activating group) is 1. The molecule has 1 saturated carbocycles. The van der Waals surface area contributed by atoms with E-state index in [1.54, 1.807) is 0 Å². The molecule has 158 valence electrons. The molecule has 3 fully saturated rings. The van der Waals surface area contributed by atoms with E-state index in [2.05, 4.69) is 18.9 Å². The van der Waals surface area contributed by atoms with E-state index in [1.165, 1.54) is 5.56 Å². The Bertz CT molecular complexity index is 734. The summed E-state index contributed by atoms with van der Waals surface area (Å²) in [5.74, 6) is -0.0291. The predicted molar refractivity (Wildman–Crippen MR) is 112 cm³/mol. The zero-order chi connectivity index (χ0) is 20.4. The molecule has 1 aliphatic carbocycles. The molecular weight excluding hydrogens is 366 g/mol. The van der Waals surface area contributed by atoms with Gasteiger partial charge in [0.05, 0.1) is 6.61 Å². The third-order valence-corrected chi connectivity index (χ3v) is 6.82. The average molecular weight is 400 g/mol. The van der Waals surface area contributed by atoms with Crippen molar-refractivity contribution in [1.29, 1.82) is 0 Å². The number of piperazine rings is 1. The number of carbonyl (C=O) groups is 2. The smallest absolute Gasteiger partial charge is 0.256 e. The van der Waals surface area contributed by atoms with Crippen LogP contribution in [0.1, 0.15) is 54.9 Å². The molecule has 0 N–H and O–H groups in total. The van der Waals surface area contributed by atoms with Gasteiger partial charge in [0.1, 0.15) is 11.8 Å². The van der Waals surface area contributed by atoms with E-state index in [-0.39, 0.29) is 11.8 Å². The zero-order valence-electron chi connectivity index (χ0n) is 17.7. The van der Waals surface area contributed by atoms with Crippen LogP contribution in [-0.4, -0.2) is 78.1 Å². The lowest BCUT2D eigenvalue weighted by Crippen LogP contribution is -2.58. The minimum absolute atomic E-state index is 0.0408. The molecule has 0 aromatic heterocycles. The Morgan fingerprint density at radius 1 is 1.03 bits per heavy atom. The van der Waals surface area contributed by atoms with E-state index >= 15 is 0 Å². The molecule has 2 amide bonds. The summed E-state index contributed by atoms with van der Waals surface area (Å²) in [5, 5.41) is 0. The van der Waals surface area contributed by atoms with Gasteiger partial charge in [0.25, 0.3) is 5.91 Å². The van der Waals surface area contributed by atoms with Gasteiger partial charge in [0.2, 0.25) is 5.91 Å². The molecule has 0 bridgehead atoms. The monoisotopic (exact) mass is 399 g/mol. The molecule has 2 aliphatic heterocycles. The number of nitrogens with zero attached hydrogens (tertiary/aromatic N) is 3. The Hall–Kier alpha value is -1.92. The Morgan fingerprint density at radius 2 is 1.69 bits per heavy atom. The first kappa shape index (κ1) is 20.4. The van der Waals surface area contributed by atoms with Gasteiger partial charge >= 0.3 is 0 Å². The number of carbonyl (C=O) groups excluding carboxylic acids is 2. The molecule has 6 nitrogen and oxygen atoms in total. The topological polar surface area (TPSA) is 53.1 Å². The van der Waals surface area contributed by atoms with Gasteiger partial charge < -0.3 is 14.5 Å². The lowest BCUT2D eigenvalue weighted by atomic mass is 9.89. The Labute approximate surface area is 173 Å². The van der Waals surface area contributed by atoms with E-state index in [9.17, 15) is 9.59 Å². The van der Waals surface area contributed by atoms with Gasteiger partial charge in [-0.3, -0.25) is 14.5 Å². The van der Waals surface area contributed by atoms with E-state index < -0.39 is 11.8 Å². The predicted octanol–water partition coefficient (Wildman–Crippen LogP) is 2.52. The van der Waals surface area contributed by atoms with Crippen LogP contribution in [0.4, 0.5) is 0 Å². The summed E-state index contributed by atoms with van der Waals surface area (Å²) in [6.45, 7) is 5.59. The molecule has 3 aliphatic rings. The fourth-order valence-corrected chi connectivity index (χ4v) is 4.92. The van der Waals surface area contributed by atoms with Crippen LogP contribution in [0.2, 0.25) is 0 Å². The minimum Gasteiger partial charge on any atom is -0.353 e. The molecule has 1 atom stereocenters. The third kappa shape index (κ3) is 3.92. The normalized spacial score (nSPS) is 24.8. The second kappa shape index (κ2) is 8.44. The molecule has 6 heteroatoms. The molecule has 2 heterocycles.